The molecule has 0 saturated carbocycles. The minimum Gasteiger partial charge on any atom is -0.479 e. The highest BCUT2D eigenvalue weighted by molar-refractivity contribution is 5.83. The summed E-state index contributed by atoms with van der Waals surface area (Å²) in [4.78, 5) is 23.4. The molecule has 128 valence electrons. The van der Waals surface area contributed by atoms with Crippen LogP contribution in [0.4, 0.5) is 10.5 Å². The van der Waals surface area contributed by atoms with E-state index in [1.54, 1.807) is 0 Å². The number of carboxylic acid groups (broad SMARTS) is 1. The van der Waals surface area contributed by atoms with E-state index in [9.17, 15) is 20.0 Å². The van der Waals surface area contributed by atoms with E-state index in [4.69, 9.17) is 4.74 Å². The van der Waals surface area contributed by atoms with Crippen LogP contribution in [0.15, 0.2) is 18.3 Å². The number of likely N-dealkylation sites (tertiary alicyclic amines) is 1. The first kappa shape index (κ1) is 16.0. The van der Waals surface area contributed by atoms with Gasteiger partial charge in [-0.25, -0.2) is 4.79 Å². The zero-order valence-corrected chi connectivity index (χ0v) is 13.5. The van der Waals surface area contributed by atoms with Gasteiger partial charge in [0, 0.05) is 17.5 Å². The Morgan fingerprint density at radius 2 is 2.21 bits per heavy atom. The number of hydrogen-bond donors (Lipinski definition) is 2. The summed E-state index contributed by atoms with van der Waals surface area (Å²) in [6, 6.07) is 2.55. The topological polar surface area (TPSA) is 122 Å². The second-order valence-corrected chi connectivity index (χ2v) is 6.94. The van der Waals surface area contributed by atoms with Crippen molar-refractivity contribution in [3.8, 4) is 5.75 Å². The lowest BCUT2D eigenvalue weighted by atomic mass is 9.77. The van der Waals surface area contributed by atoms with Gasteiger partial charge in [-0.05, 0) is 5.41 Å². The molecule has 2 unspecified atom stereocenters. The average Bonchev–Trinajstić information content (AvgIpc) is 2.86. The number of aromatic amines is 1. The molecule has 9 heteroatoms. The molecule has 2 heterocycles. The summed E-state index contributed by atoms with van der Waals surface area (Å²) in [5.74, 6) is 0.112. The van der Waals surface area contributed by atoms with Gasteiger partial charge in [0.1, 0.15) is 6.10 Å². The van der Waals surface area contributed by atoms with E-state index in [2.05, 4.69) is 10.2 Å². The highest BCUT2D eigenvalue weighted by Gasteiger charge is 2.50. The van der Waals surface area contributed by atoms with Crippen LogP contribution in [0.1, 0.15) is 20.8 Å². The van der Waals surface area contributed by atoms with Gasteiger partial charge >= 0.3 is 11.8 Å². The minimum absolute atomic E-state index is 0.112. The summed E-state index contributed by atoms with van der Waals surface area (Å²) in [5.41, 5.74) is 0.108. The maximum atomic E-state index is 11.3. The van der Waals surface area contributed by atoms with Crippen molar-refractivity contribution >= 4 is 22.7 Å². The van der Waals surface area contributed by atoms with Crippen LogP contribution in [0.5, 0.6) is 5.75 Å². The molecule has 0 bridgehead atoms. The van der Waals surface area contributed by atoms with Crippen molar-refractivity contribution in [1.29, 1.82) is 0 Å². The van der Waals surface area contributed by atoms with Crippen LogP contribution in [0.3, 0.4) is 0 Å². The SMILES string of the molecule is CC(C)(C)C1C(Oc2cc3[nH]ncc3cc2[N+](=O)[O-])CN1C(=O)O. The van der Waals surface area contributed by atoms with E-state index >= 15 is 0 Å². The van der Waals surface area contributed by atoms with E-state index in [0.717, 1.165) is 0 Å². The fraction of sp³-hybridized carbons (Fsp3) is 0.467. The Balaban J connectivity index is 1.93. The average molecular weight is 334 g/mol. The molecule has 2 N–H and O–H groups in total. The number of amides is 1. The Bertz CT molecular complexity index is 810. The third kappa shape index (κ3) is 2.61. The molecule has 1 fully saturated rings. The maximum Gasteiger partial charge on any atom is 0.407 e. The van der Waals surface area contributed by atoms with Gasteiger partial charge in [0.15, 0.2) is 5.75 Å². The van der Waals surface area contributed by atoms with Gasteiger partial charge in [0.2, 0.25) is 0 Å². The second-order valence-electron chi connectivity index (χ2n) is 6.94. The van der Waals surface area contributed by atoms with E-state index in [1.165, 1.54) is 23.2 Å². The van der Waals surface area contributed by atoms with Crippen molar-refractivity contribution in [2.45, 2.75) is 32.9 Å². The lowest BCUT2D eigenvalue weighted by Crippen LogP contribution is -2.68. The third-order valence-corrected chi connectivity index (χ3v) is 4.19. The first-order valence-corrected chi connectivity index (χ1v) is 7.46. The molecule has 1 aromatic heterocycles. The van der Waals surface area contributed by atoms with Crippen LogP contribution >= 0.6 is 0 Å². The van der Waals surface area contributed by atoms with Crippen LogP contribution in [-0.4, -0.2) is 49.9 Å². The van der Waals surface area contributed by atoms with Crippen molar-refractivity contribution in [3.05, 3.63) is 28.4 Å². The summed E-state index contributed by atoms with van der Waals surface area (Å²) in [6.07, 6.45) is 0.0352. The number of hydrogen-bond acceptors (Lipinski definition) is 5. The molecule has 1 aliphatic rings. The predicted molar refractivity (Wildman–Crippen MR) is 85.1 cm³/mol. The largest absolute Gasteiger partial charge is 0.479 e. The van der Waals surface area contributed by atoms with Gasteiger partial charge in [-0.2, -0.15) is 5.10 Å². The zero-order valence-electron chi connectivity index (χ0n) is 13.5. The first-order chi connectivity index (χ1) is 11.2. The first-order valence-electron chi connectivity index (χ1n) is 7.46. The van der Waals surface area contributed by atoms with Crippen LogP contribution in [0, 0.1) is 15.5 Å². The van der Waals surface area contributed by atoms with E-state index in [-0.39, 0.29) is 29.4 Å². The molecule has 1 aliphatic heterocycles. The van der Waals surface area contributed by atoms with Crippen molar-refractivity contribution in [3.63, 3.8) is 0 Å². The van der Waals surface area contributed by atoms with Crippen molar-refractivity contribution in [2.24, 2.45) is 5.41 Å². The quantitative estimate of drug-likeness (QED) is 0.657. The van der Waals surface area contributed by atoms with Crippen molar-refractivity contribution in [1.82, 2.24) is 15.1 Å². The Morgan fingerprint density at radius 1 is 1.50 bits per heavy atom. The number of nitro groups is 1. The summed E-state index contributed by atoms with van der Waals surface area (Å²) in [6.45, 7) is 5.91. The number of aromatic nitrogens is 2. The summed E-state index contributed by atoms with van der Waals surface area (Å²) in [7, 11) is 0. The van der Waals surface area contributed by atoms with Gasteiger partial charge in [-0.15, -0.1) is 0 Å². The van der Waals surface area contributed by atoms with Gasteiger partial charge in [0.25, 0.3) is 0 Å². The second kappa shape index (κ2) is 5.36. The number of H-pyrrole nitrogens is 1. The Labute approximate surface area is 137 Å². The van der Waals surface area contributed by atoms with Crippen molar-refractivity contribution < 1.29 is 19.6 Å². The molecule has 0 spiro atoms. The van der Waals surface area contributed by atoms with Crippen LogP contribution in [-0.2, 0) is 0 Å². The number of nitrogens with zero attached hydrogens (tertiary/aromatic N) is 3. The molecular formula is C15H18N4O5. The number of ether oxygens (including phenoxy) is 1. The number of rotatable bonds is 3. The molecule has 1 saturated heterocycles. The monoisotopic (exact) mass is 334 g/mol. The molecule has 9 nitrogen and oxygen atoms in total. The van der Waals surface area contributed by atoms with E-state index in [1.807, 2.05) is 20.8 Å². The normalized spacial score (nSPS) is 20.7. The zero-order chi connectivity index (χ0) is 17.6. The molecule has 2 aromatic rings. The highest BCUT2D eigenvalue weighted by atomic mass is 16.6. The van der Waals surface area contributed by atoms with E-state index in [0.29, 0.717) is 10.9 Å². The number of benzene rings is 1. The lowest BCUT2D eigenvalue weighted by Gasteiger charge is -2.51. The summed E-state index contributed by atoms with van der Waals surface area (Å²) < 4.78 is 5.85. The smallest absolute Gasteiger partial charge is 0.407 e. The minimum atomic E-state index is -1.02. The molecule has 0 radical (unpaired) electrons. The molecule has 3 rings (SSSR count). The third-order valence-electron chi connectivity index (χ3n) is 4.19. The summed E-state index contributed by atoms with van der Waals surface area (Å²) >= 11 is 0. The number of nitrogens with one attached hydrogen (secondary N) is 1. The molecular weight excluding hydrogens is 316 g/mol. The van der Waals surface area contributed by atoms with Gasteiger partial charge < -0.3 is 9.84 Å². The predicted octanol–water partition coefficient (Wildman–Crippen LogP) is 2.63. The van der Waals surface area contributed by atoms with Gasteiger partial charge in [0.05, 0.1) is 29.2 Å². The Hall–Kier alpha value is -2.84. The molecule has 1 aromatic carbocycles. The molecule has 2 atom stereocenters. The molecule has 1 amide bonds. The fourth-order valence-corrected chi connectivity index (χ4v) is 3.15. The maximum absolute atomic E-state index is 11.3. The standard InChI is InChI=1S/C15H18N4O5/c1-15(2,3)13-12(7-18(13)14(20)21)24-11-5-9-8(6-16-17-9)4-10(11)19(22)23/h4-6,12-13H,7H2,1-3H3,(H,16,17)(H,20,21). The van der Waals surface area contributed by atoms with Crippen LogP contribution < -0.4 is 4.74 Å². The van der Waals surface area contributed by atoms with Gasteiger partial charge in [-0.1, -0.05) is 20.8 Å². The van der Waals surface area contributed by atoms with Crippen LogP contribution in [0.25, 0.3) is 10.9 Å². The Kier molecular flexibility index (Phi) is 3.58. The van der Waals surface area contributed by atoms with E-state index < -0.39 is 17.1 Å². The Morgan fingerprint density at radius 3 is 2.79 bits per heavy atom. The van der Waals surface area contributed by atoms with Gasteiger partial charge in [-0.3, -0.25) is 20.1 Å². The molecule has 24 heavy (non-hydrogen) atoms. The molecule has 0 aliphatic carbocycles. The lowest BCUT2D eigenvalue weighted by molar-refractivity contribution is -0.386. The number of carbonyl (C=O) groups is 1. The van der Waals surface area contributed by atoms with Crippen molar-refractivity contribution in [2.75, 3.05) is 6.54 Å². The van der Waals surface area contributed by atoms with Crippen LogP contribution in [0.2, 0.25) is 0 Å². The fourth-order valence-electron chi connectivity index (χ4n) is 3.15. The number of fused-ring (bicyclic) bond motifs is 1. The highest BCUT2D eigenvalue weighted by Crippen LogP contribution is 2.39. The summed E-state index contributed by atoms with van der Waals surface area (Å²) in [5, 5.41) is 27.8. The number of nitro benzene ring substituents is 1.